The molecule has 1 fully saturated rings. The number of carbonyl (C=O) groups is 1. The van der Waals surface area contributed by atoms with Gasteiger partial charge in [-0.1, -0.05) is 30.3 Å². The number of ether oxygens (including phenoxy) is 2. The summed E-state index contributed by atoms with van der Waals surface area (Å²) in [4.78, 5) is 15.2. The number of carbonyl (C=O) groups excluding carboxylic acids is 1. The van der Waals surface area contributed by atoms with E-state index >= 15 is 0 Å². The zero-order valence-electron chi connectivity index (χ0n) is 16.1. The van der Waals surface area contributed by atoms with Crippen molar-refractivity contribution in [1.82, 2.24) is 10.2 Å². The van der Waals surface area contributed by atoms with Gasteiger partial charge < -0.3 is 19.9 Å². The zero-order valence-corrected chi connectivity index (χ0v) is 17.7. The molecular weight excluding hydrogens is 424 g/mol. The summed E-state index contributed by atoms with van der Waals surface area (Å²) in [5.74, 6) is 0.0420. The number of aromatic hydroxyl groups is 1. The van der Waals surface area contributed by atoms with Gasteiger partial charge in [-0.2, -0.15) is 0 Å². The maximum atomic E-state index is 12.8. The summed E-state index contributed by atoms with van der Waals surface area (Å²) in [5.41, 5.74) is 1.33. The Hall–Kier alpha value is -2.25. The first kappa shape index (κ1) is 20.5. The van der Waals surface area contributed by atoms with Crippen molar-refractivity contribution in [3.8, 4) is 17.2 Å². The second-order valence-corrected chi connectivity index (χ2v) is 7.63. The minimum absolute atomic E-state index is 0.0707. The highest BCUT2D eigenvalue weighted by molar-refractivity contribution is 9.10. The van der Waals surface area contributed by atoms with E-state index in [4.69, 9.17) is 9.47 Å². The van der Waals surface area contributed by atoms with Gasteiger partial charge in [0.2, 0.25) is 0 Å². The Morgan fingerprint density at radius 1 is 1.29 bits per heavy atom. The van der Waals surface area contributed by atoms with Crippen molar-refractivity contribution in [1.29, 1.82) is 0 Å². The van der Waals surface area contributed by atoms with Crippen molar-refractivity contribution >= 4 is 21.8 Å². The summed E-state index contributed by atoms with van der Waals surface area (Å²) in [6.07, 6.45) is 2.13. The van der Waals surface area contributed by atoms with Crippen LogP contribution in [0.1, 0.15) is 28.8 Å². The van der Waals surface area contributed by atoms with E-state index in [1.807, 2.05) is 18.2 Å². The largest absolute Gasteiger partial charge is 0.506 e. The summed E-state index contributed by atoms with van der Waals surface area (Å²) >= 11 is 3.26. The lowest BCUT2D eigenvalue weighted by atomic mass is 10.1. The number of rotatable bonds is 7. The molecule has 6 nitrogen and oxygen atoms in total. The third kappa shape index (κ3) is 4.42. The second kappa shape index (κ2) is 9.30. The molecule has 1 amide bonds. The minimum atomic E-state index is -0.388. The summed E-state index contributed by atoms with van der Waals surface area (Å²) in [7, 11) is 2.93. The van der Waals surface area contributed by atoms with E-state index in [-0.39, 0.29) is 29.0 Å². The maximum Gasteiger partial charge on any atom is 0.259 e. The Balaban J connectivity index is 1.71. The van der Waals surface area contributed by atoms with Crippen molar-refractivity contribution < 1.29 is 19.4 Å². The average Bonchev–Trinajstić information content (AvgIpc) is 3.15. The number of nitrogens with zero attached hydrogens (tertiary/aromatic N) is 1. The SMILES string of the molecule is COc1cc(Br)c(O)c(C(=O)NC[C@H]2CCCN2Cc2ccccc2)c1OC. The molecule has 2 N–H and O–H groups in total. The van der Waals surface area contributed by atoms with Gasteiger partial charge in [0.25, 0.3) is 5.91 Å². The van der Waals surface area contributed by atoms with Crippen LogP contribution < -0.4 is 14.8 Å². The van der Waals surface area contributed by atoms with Gasteiger partial charge >= 0.3 is 0 Å². The fourth-order valence-corrected chi connectivity index (χ4v) is 4.02. The molecule has 7 heteroatoms. The van der Waals surface area contributed by atoms with E-state index in [9.17, 15) is 9.90 Å². The molecule has 0 saturated carbocycles. The Morgan fingerprint density at radius 3 is 2.71 bits per heavy atom. The molecule has 150 valence electrons. The molecule has 1 atom stereocenters. The molecule has 1 aliphatic heterocycles. The van der Waals surface area contributed by atoms with Crippen LogP contribution in [0.25, 0.3) is 0 Å². The number of amides is 1. The second-order valence-electron chi connectivity index (χ2n) is 6.78. The molecule has 0 radical (unpaired) electrons. The fourth-order valence-electron chi connectivity index (χ4n) is 3.62. The third-order valence-electron chi connectivity index (χ3n) is 5.05. The lowest BCUT2D eigenvalue weighted by Crippen LogP contribution is -2.40. The lowest BCUT2D eigenvalue weighted by molar-refractivity contribution is 0.0933. The lowest BCUT2D eigenvalue weighted by Gasteiger charge is -2.25. The van der Waals surface area contributed by atoms with E-state index < -0.39 is 0 Å². The molecular formula is C21H25BrN2O4. The van der Waals surface area contributed by atoms with E-state index in [0.717, 1.165) is 25.9 Å². The number of hydrogen-bond acceptors (Lipinski definition) is 5. The van der Waals surface area contributed by atoms with Crippen LogP contribution in [0.4, 0.5) is 0 Å². The van der Waals surface area contributed by atoms with Crippen LogP contribution in [0.2, 0.25) is 0 Å². The van der Waals surface area contributed by atoms with Crippen LogP contribution in [0.5, 0.6) is 17.2 Å². The quantitative estimate of drug-likeness (QED) is 0.677. The van der Waals surface area contributed by atoms with Crippen LogP contribution in [0.3, 0.4) is 0 Å². The van der Waals surface area contributed by atoms with Crippen LogP contribution in [0.15, 0.2) is 40.9 Å². The van der Waals surface area contributed by atoms with Gasteiger partial charge in [0, 0.05) is 25.2 Å². The maximum absolute atomic E-state index is 12.8. The average molecular weight is 449 g/mol. The number of benzene rings is 2. The van der Waals surface area contributed by atoms with Gasteiger partial charge in [-0.15, -0.1) is 0 Å². The zero-order chi connectivity index (χ0) is 20.1. The Morgan fingerprint density at radius 2 is 2.04 bits per heavy atom. The number of methoxy groups -OCH3 is 2. The molecule has 2 aromatic carbocycles. The topological polar surface area (TPSA) is 71.0 Å². The minimum Gasteiger partial charge on any atom is -0.506 e. The highest BCUT2D eigenvalue weighted by Gasteiger charge is 2.28. The van der Waals surface area contributed by atoms with Crippen LogP contribution in [-0.4, -0.2) is 49.3 Å². The van der Waals surface area contributed by atoms with Crippen molar-refractivity contribution in [3.05, 3.63) is 52.0 Å². The van der Waals surface area contributed by atoms with Gasteiger partial charge in [-0.05, 0) is 40.9 Å². The van der Waals surface area contributed by atoms with Crippen molar-refractivity contribution in [3.63, 3.8) is 0 Å². The normalized spacial score (nSPS) is 16.8. The van der Waals surface area contributed by atoms with E-state index in [1.165, 1.54) is 19.8 Å². The molecule has 0 aliphatic carbocycles. The van der Waals surface area contributed by atoms with Crippen LogP contribution in [0, 0.1) is 0 Å². The molecule has 1 saturated heterocycles. The Labute approximate surface area is 173 Å². The molecule has 28 heavy (non-hydrogen) atoms. The molecule has 2 aromatic rings. The molecule has 1 heterocycles. The molecule has 0 bridgehead atoms. The van der Waals surface area contributed by atoms with Crippen molar-refractivity contribution in [2.24, 2.45) is 0 Å². The van der Waals surface area contributed by atoms with E-state index in [0.29, 0.717) is 16.8 Å². The van der Waals surface area contributed by atoms with E-state index in [2.05, 4.69) is 38.3 Å². The summed E-state index contributed by atoms with van der Waals surface area (Å²) < 4.78 is 11.0. The molecule has 0 spiro atoms. The first-order chi connectivity index (χ1) is 13.5. The monoisotopic (exact) mass is 448 g/mol. The van der Waals surface area contributed by atoms with Crippen molar-refractivity contribution in [2.75, 3.05) is 27.3 Å². The number of halogens is 1. The van der Waals surface area contributed by atoms with Gasteiger partial charge in [0.05, 0.1) is 18.7 Å². The van der Waals surface area contributed by atoms with Crippen molar-refractivity contribution in [2.45, 2.75) is 25.4 Å². The Kier molecular flexibility index (Phi) is 6.80. The summed E-state index contributed by atoms with van der Waals surface area (Å²) in [5, 5.41) is 13.3. The number of likely N-dealkylation sites (tertiary alicyclic amines) is 1. The number of phenolic OH excluding ortho intramolecular Hbond substituents is 1. The van der Waals surface area contributed by atoms with Gasteiger partial charge in [-0.25, -0.2) is 0 Å². The third-order valence-corrected chi connectivity index (χ3v) is 5.65. The first-order valence-electron chi connectivity index (χ1n) is 9.24. The van der Waals surface area contributed by atoms with Crippen LogP contribution in [-0.2, 0) is 6.54 Å². The molecule has 1 aliphatic rings. The Bertz CT molecular complexity index is 829. The number of nitrogens with one attached hydrogen (secondary N) is 1. The molecule has 0 unspecified atom stereocenters. The predicted octanol–water partition coefficient (Wildman–Crippen LogP) is 3.57. The summed E-state index contributed by atoms with van der Waals surface area (Å²) in [6, 6.07) is 12.2. The highest BCUT2D eigenvalue weighted by atomic mass is 79.9. The first-order valence-corrected chi connectivity index (χ1v) is 10.0. The number of hydrogen-bond donors (Lipinski definition) is 2. The summed E-state index contributed by atoms with van der Waals surface area (Å²) in [6.45, 7) is 2.37. The predicted molar refractivity (Wildman–Crippen MR) is 111 cm³/mol. The molecule has 0 aromatic heterocycles. The highest BCUT2D eigenvalue weighted by Crippen LogP contribution is 2.42. The van der Waals surface area contributed by atoms with Gasteiger partial charge in [0.15, 0.2) is 11.5 Å². The standard InChI is InChI=1S/C21H25BrN2O4/c1-27-17-11-16(22)19(25)18(20(17)28-2)21(26)23-12-15-9-6-10-24(15)13-14-7-4-3-5-8-14/h3-5,7-8,11,15,25H,6,9-10,12-13H2,1-2H3,(H,23,26)/t15-/m1/s1. The van der Waals surface area contributed by atoms with Crippen LogP contribution >= 0.6 is 15.9 Å². The smallest absolute Gasteiger partial charge is 0.259 e. The van der Waals surface area contributed by atoms with Gasteiger partial charge in [-0.3, -0.25) is 9.69 Å². The van der Waals surface area contributed by atoms with Gasteiger partial charge in [0.1, 0.15) is 11.3 Å². The molecule has 3 rings (SSSR count). The number of phenols is 1. The fraction of sp³-hybridized carbons (Fsp3) is 0.381. The van der Waals surface area contributed by atoms with E-state index in [1.54, 1.807) is 6.07 Å².